The van der Waals surface area contributed by atoms with Crippen LogP contribution in [0.4, 0.5) is 0 Å². The van der Waals surface area contributed by atoms with Gasteiger partial charge in [-0.15, -0.1) is 0 Å². The molecule has 0 N–H and O–H groups in total. The van der Waals surface area contributed by atoms with E-state index >= 15 is 0 Å². The highest BCUT2D eigenvalue weighted by atomic mass is 16.5. The van der Waals surface area contributed by atoms with Crippen LogP contribution < -0.4 is 0 Å². The van der Waals surface area contributed by atoms with Crippen LogP contribution in [0.25, 0.3) is 0 Å². The topological polar surface area (TPSA) is 27.1 Å². The van der Waals surface area contributed by atoms with Crippen molar-refractivity contribution < 1.29 is 4.74 Å². The Bertz CT molecular complexity index is 231. The zero-order valence-electron chi connectivity index (χ0n) is 6.71. The van der Waals surface area contributed by atoms with Crippen molar-refractivity contribution in [2.24, 2.45) is 0 Å². The molecule has 3 heteroatoms. The van der Waals surface area contributed by atoms with Gasteiger partial charge in [-0.1, -0.05) is 6.92 Å². The first-order valence-electron chi connectivity index (χ1n) is 4.03. The summed E-state index contributed by atoms with van der Waals surface area (Å²) in [6.07, 6.45) is 2.02. The van der Waals surface area contributed by atoms with Crippen molar-refractivity contribution in [2.45, 2.75) is 26.5 Å². The number of hydrogen-bond acceptors (Lipinski definition) is 2. The average molecular weight is 152 g/mol. The third kappa shape index (κ3) is 1.16. The van der Waals surface area contributed by atoms with Crippen LogP contribution in [0.3, 0.4) is 0 Å². The highest BCUT2D eigenvalue weighted by Gasteiger charge is 2.10. The molecule has 0 aliphatic carbocycles. The van der Waals surface area contributed by atoms with E-state index in [0.717, 1.165) is 19.4 Å². The molecule has 11 heavy (non-hydrogen) atoms. The minimum absolute atomic E-state index is 0.634. The van der Waals surface area contributed by atoms with Crippen LogP contribution in [0.1, 0.15) is 18.3 Å². The summed E-state index contributed by atoms with van der Waals surface area (Å²) in [7, 11) is 0. The second-order valence-corrected chi connectivity index (χ2v) is 2.77. The lowest BCUT2D eigenvalue weighted by Gasteiger charge is -2.12. The van der Waals surface area contributed by atoms with Gasteiger partial charge in [-0.2, -0.15) is 5.10 Å². The first-order valence-corrected chi connectivity index (χ1v) is 4.03. The van der Waals surface area contributed by atoms with Crippen molar-refractivity contribution in [1.82, 2.24) is 9.78 Å². The lowest BCUT2D eigenvalue weighted by Crippen LogP contribution is -2.16. The Balaban J connectivity index is 2.32. The van der Waals surface area contributed by atoms with Crippen molar-refractivity contribution in [2.75, 3.05) is 6.61 Å². The van der Waals surface area contributed by atoms with Gasteiger partial charge in [0, 0.05) is 12.1 Å². The van der Waals surface area contributed by atoms with Gasteiger partial charge in [0.15, 0.2) is 0 Å². The van der Waals surface area contributed by atoms with Crippen molar-refractivity contribution in [3.05, 3.63) is 17.5 Å². The number of aromatic nitrogens is 2. The van der Waals surface area contributed by atoms with Crippen LogP contribution in [0.15, 0.2) is 6.07 Å². The Morgan fingerprint density at radius 2 is 2.64 bits per heavy atom. The minimum Gasteiger partial charge on any atom is -0.359 e. The number of rotatable bonds is 1. The normalized spacial score (nSPS) is 16.5. The van der Waals surface area contributed by atoms with Crippen LogP contribution in [-0.2, 0) is 24.3 Å². The minimum atomic E-state index is 0.634. The summed E-state index contributed by atoms with van der Waals surface area (Å²) < 4.78 is 7.20. The fraction of sp³-hybridized carbons (Fsp3) is 0.625. The molecule has 0 bridgehead atoms. The first kappa shape index (κ1) is 6.85. The van der Waals surface area contributed by atoms with E-state index in [4.69, 9.17) is 4.74 Å². The van der Waals surface area contributed by atoms with E-state index in [-0.39, 0.29) is 0 Å². The number of fused-ring (bicyclic) bond motifs is 1. The molecule has 0 atom stereocenters. The van der Waals surface area contributed by atoms with Crippen LogP contribution >= 0.6 is 0 Å². The first-order chi connectivity index (χ1) is 5.40. The van der Waals surface area contributed by atoms with E-state index in [9.17, 15) is 0 Å². The molecule has 2 rings (SSSR count). The number of aryl methyl sites for hydroxylation is 1. The van der Waals surface area contributed by atoms with E-state index in [1.165, 1.54) is 11.4 Å². The highest BCUT2D eigenvalue weighted by molar-refractivity contribution is 5.11. The van der Waals surface area contributed by atoms with Gasteiger partial charge in [0.2, 0.25) is 0 Å². The van der Waals surface area contributed by atoms with E-state index in [1.54, 1.807) is 0 Å². The Morgan fingerprint density at radius 3 is 3.36 bits per heavy atom. The summed E-state index contributed by atoms with van der Waals surface area (Å²) >= 11 is 0. The lowest BCUT2D eigenvalue weighted by molar-refractivity contribution is 0.0477. The molecule has 3 nitrogen and oxygen atoms in total. The molecule has 2 heterocycles. The van der Waals surface area contributed by atoms with E-state index in [1.807, 2.05) is 4.68 Å². The van der Waals surface area contributed by atoms with E-state index in [0.29, 0.717) is 6.73 Å². The highest BCUT2D eigenvalue weighted by Crippen LogP contribution is 2.10. The third-order valence-electron chi connectivity index (χ3n) is 1.99. The standard InChI is InChI=1S/C8H12N2O/c1-2-7-5-8-3-4-11-6-10(8)9-7/h5H,2-4,6H2,1H3. The number of hydrogen-bond donors (Lipinski definition) is 0. The Morgan fingerprint density at radius 1 is 1.73 bits per heavy atom. The lowest BCUT2D eigenvalue weighted by atomic mass is 10.2. The quantitative estimate of drug-likeness (QED) is 0.599. The maximum atomic E-state index is 5.25. The summed E-state index contributed by atoms with van der Waals surface area (Å²) in [6.45, 7) is 3.60. The molecule has 0 saturated heterocycles. The molecule has 1 aliphatic rings. The molecule has 1 aliphatic heterocycles. The molecule has 0 aromatic carbocycles. The summed E-state index contributed by atoms with van der Waals surface area (Å²) in [5, 5.41) is 4.36. The van der Waals surface area contributed by atoms with E-state index in [2.05, 4.69) is 18.1 Å². The molecule has 0 amide bonds. The van der Waals surface area contributed by atoms with Gasteiger partial charge in [0.1, 0.15) is 6.73 Å². The Kier molecular flexibility index (Phi) is 1.66. The third-order valence-corrected chi connectivity index (χ3v) is 1.99. The smallest absolute Gasteiger partial charge is 0.139 e. The Labute approximate surface area is 66.0 Å². The Hall–Kier alpha value is -0.830. The van der Waals surface area contributed by atoms with Crippen LogP contribution in [0, 0.1) is 0 Å². The fourth-order valence-electron chi connectivity index (χ4n) is 1.33. The summed E-state index contributed by atoms with van der Waals surface area (Å²) in [5.41, 5.74) is 2.48. The maximum absolute atomic E-state index is 5.25. The monoisotopic (exact) mass is 152 g/mol. The van der Waals surface area contributed by atoms with Crippen LogP contribution in [0.2, 0.25) is 0 Å². The largest absolute Gasteiger partial charge is 0.359 e. The van der Waals surface area contributed by atoms with Crippen molar-refractivity contribution in [3.63, 3.8) is 0 Å². The molecule has 0 radical (unpaired) electrons. The van der Waals surface area contributed by atoms with Crippen LogP contribution in [-0.4, -0.2) is 16.4 Å². The molecule has 1 aromatic rings. The molecule has 1 aromatic heterocycles. The zero-order chi connectivity index (χ0) is 7.68. The van der Waals surface area contributed by atoms with Gasteiger partial charge in [-0.25, -0.2) is 4.68 Å². The maximum Gasteiger partial charge on any atom is 0.139 e. The van der Waals surface area contributed by atoms with Crippen LogP contribution in [0.5, 0.6) is 0 Å². The molecular weight excluding hydrogens is 140 g/mol. The van der Waals surface area contributed by atoms with Crippen molar-refractivity contribution in [1.29, 1.82) is 0 Å². The molecular formula is C8H12N2O. The number of nitrogens with zero attached hydrogens (tertiary/aromatic N) is 2. The molecule has 0 spiro atoms. The fourth-order valence-corrected chi connectivity index (χ4v) is 1.33. The second kappa shape index (κ2) is 2.66. The summed E-state index contributed by atoms with van der Waals surface area (Å²) in [5.74, 6) is 0. The molecule has 0 unspecified atom stereocenters. The SMILES string of the molecule is CCc1cc2n(n1)COCC2. The zero-order valence-corrected chi connectivity index (χ0v) is 6.71. The molecule has 0 fully saturated rings. The molecule has 0 saturated carbocycles. The van der Waals surface area contributed by atoms with E-state index < -0.39 is 0 Å². The second-order valence-electron chi connectivity index (χ2n) is 2.77. The van der Waals surface area contributed by atoms with Gasteiger partial charge in [-0.3, -0.25) is 0 Å². The molecule has 60 valence electrons. The van der Waals surface area contributed by atoms with Gasteiger partial charge < -0.3 is 4.74 Å². The van der Waals surface area contributed by atoms with Gasteiger partial charge in [-0.05, 0) is 12.5 Å². The summed E-state index contributed by atoms with van der Waals surface area (Å²) in [6, 6.07) is 2.17. The predicted octanol–water partition coefficient (Wildman–Crippen LogP) is 0.976. The van der Waals surface area contributed by atoms with Gasteiger partial charge in [0.05, 0.1) is 12.3 Å². The summed E-state index contributed by atoms with van der Waals surface area (Å²) in [4.78, 5) is 0. The predicted molar refractivity (Wildman–Crippen MR) is 41.3 cm³/mol. The van der Waals surface area contributed by atoms with Gasteiger partial charge >= 0.3 is 0 Å². The van der Waals surface area contributed by atoms with Crippen molar-refractivity contribution in [3.8, 4) is 0 Å². The number of ether oxygens (including phenoxy) is 1. The van der Waals surface area contributed by atoms with Crippen molar-refractivity contribution >= 4 is 0 Å². The van der Waals surface area contributed by atoms with Gasteiger partial charge in [0.25, 0.3) is 0 Å². The average Bonchev–Trinajstić information content (AvgIpc) is 2.46.